The zero-order valence-corrected chi connectivity index (χ0v) is 9.82. The van der Waals surface area contributed by atoms with Gasteiger partial charge in [-0.3, -0.25) is 4.90 Å². The van der Waals surface area contributed by atoms with Gasteiger partial charge in [0.2, 0.25) is 0 Å². The van der Waals surface area contributed by atoms with E-state index in [0.29, 0.717) is 18.1 Å². The number of fused-ring (bicyclic) bond motifs is 1. The summed E-state index contributed by atoms with van der Waals surface area (Å²) in [7, 11) is 0. The molecular formula is C12H24N2O. The lowest BCUT2D eigenvalue weighted by atomic mass is 10.1. The van der Waals surface area contributed by atoms with E-state index in [4.69, 9.17) is 10.5 Å². The molecule has 0 bridgehead atoms. The van der Waals surface area contributed by atoms with E-state index in [2.05, 4.69) is 11.8 Å². The molecule has 0 aromatic heterocycles. The molecular weight excluding hydrogens is 188 g/mol. The van der Waals surface area contributed by atoms with E-state index in [0.717, 1.165) is 19.7 Å². The van der Waals surface area contributed by atoms with Gasteiger partial charge in [0.25, 0.3) is 0 Å². The number of nitrogens with zero attached hydrogens (tertiary/aromatic N) is 1. The molecule has 3 atom stereocenters. The van der Waals surface area contributed by atoms with Crippen LogP contribution in [0.4, 0.5) is 0 Å². The molecule has 2 N–H and O–H groups in total. The standard InChI is InChI=1S/C12H24N2O/c1-10(9-13)5-6-14-7-8-15-12-4-2-3-11(12)14/h10-12H,2-9,13H2,1H3. The van der Waals surface area contributed by atoms with Crippen LogP contribution in [-0.4, -0.2) is 43.3 Å². The summed E-state index contributed by atoms with van der Waals surface area (Å²) in [4.78, 5) is 2.63. The van der Waals surface area contributed by atoms with Gasteiger partial charge in [0.15, 0.2) is 0 Å². The Morgan fingerprint density at radius 2 is 2.33 bits per heavy atom. The number of hydrogen-bond donors (Lipinski definition) is 1. The Kier molecular flexibility index (Phi) is 4.00. The first kappa shape index (κ1) is 11.4. The fourth-order valence-corrected chi connectivity index (χ4v) is 2.79. The molecule has 0 aromatic carbocycles. The second-order valence-electron chi connectivity index (χ2n) is 5.07. The molecule has 1 aliphatic heterocycles. The molecule has 0 radical (unpaired) electrons. The van der Waals surface area contributed by atoms with Crippen LogP contribution < -0.4 is 5.73 Å². The summed E-state index contributed by atoms with van der Waals surface area (Å²) < 4.78 is 5.80. The van der Waals surface area contributed by atoms with Crippen LogP contribution in [0.1, 0.15) is 32.6 Å². The molecule has 3 heteroatoms. The van der Waals surface area contributed by atoms with Gasteiger partial charge in [-0.05, 0) is 44.7 Å². The van der Waals surface area contributed by atoms with Crippen molar-refractivity contribution in [2.24, 2.45) is 11.7 Å². The first-order valence-corrected chi connectivity index (χ1v) is 6.37. The van der Waals surface area contributed by atoms with E-state index in [1.165, 1.54) is 32.2 Å². The van der Waals surface area contributed by atoms with Gasteiger partial charge in [-0.2, -0.15) is 0 Å². The molecule has 1 heterocycles. The fraction of sp³-hybridized carbons (Fsp3) is 1.00. The molecule has 2 aliphatic rings. The summed E-state index contributed by atoms with van der Waals surface area (Å²) in [5, 5.41) is 0. The predicted molar refractivity (Wildman–Crippen MR) is 61.8 cm³/mol. The number of hydrogen-bond acceptors (Lipinski definition) is 3. The van der Waals surface area contributed by atoms with Crippen LogP contribution in [0.15, 0.2) is 0 Å². The van der Waals surface area contributed by atoms with Crippen LogP contribution >= 0.6 is 0 Å². The Morgan fingerprint density at radius 1 is 1.47 bits per heavy atom. The minimum Gasteiger partial charge on any atom is -0.375 e. The summed E-state index contributed by atoms with van der Waals surface area (Å²) in [5.41, 5.74) is 5.65. The highest BCUT2D eigenvalue weighted by Gasteiger charge is 2.35. The van der Waals surface area contributed by atoms with Crippen molar-refractivity contribution in [2.45, 2.75) is 44.8 Å². The van der Waals surface area contributed by atoms with Crippen molar-refractivity contribution in [3.8, 4) is 0 Å². The van der Waals surface area contributed by atoms with Gasteiger partial charge in [-0.25, -0.2) is 0 Å². The minimum atomic E-state index is 0.534. The molecule has 1 saturated heterocycles. The molecule has 1 saturated carbocycles. The van der Waals surface area contributed by atoms with Crippen LogP contribution in [0.3, 0.4) is 0 Å². The van der Waals surface area contributed by atoms with Crippen LogP contribution in [0, 0.1) is 5.92 Å². The van der Waals surface area contributed by atoms with Gasteiger partial charge >= 0.3 is 0 Å². The third-order valence-corrected chi connectivity index (χ3v) is 3.91. The third-order valence-electron chi connectivity index (χ3n) is 3.91. The Morgan fingerprint density at radius 3 is 3.13 bits per heavy atom. The lowest BCUT2D eigenvalue weighted by Crippen LogP contribution is -2.49. The lowest BCUT2D eigenvalue weighted by molar-refractivity contribution is -0.0566. The Bertz CT molecular complexity index is 198. The van der Waals surface area contributed by atoms with Crippen molar-refractivity contribution in [1.29, 1.82) is 0 Å². The fourth-order valence-electron chi connectivity index (χ4n) is 2.79. The number of rotatable bonds is 4. The van der Waals surface area contributed by atoms with Gasteiger partial charge in [0.1, 0.15) is 0 Å². The van der Waals surface area contributed by atoms with Crippen molar-refractivity contribution in [2.75, 3.05) is 26.2 Å². The second-order valence-corrected chi connectivity index (χ2v) is 5.07. The molecule has 3 nitrogen and oxygen atoms in total. The average Bonchev–Trinajstić information content (AvgIpc) is 2.74. The Balaban J connectivity index is 1.80. The first-order valence-electron chi connectivity index (χ1n) is 6.37. The van der Waals surface area contributed by atoms with Gasteiger partial charge in [-0.15, -0.1) is 0 Å². The molecule has 0 spiro atoms. The maximum atomic E-state index is 5.80. The van der Waals surface area contributed by atoms with Crippen molar-refractivity contribution < 1.29 is 4.74 Å². The largest absolute Gasteiger partial charge is 0.375 e. The molecule has 2 fully saturated rings. The maximum Gasteiger partial charge on any atom is 0.0730 e. The smallest absolute Gasteiger partial charge is 0.0730 e. The molecule has 88 valence electrons. The van der Waals surface area contributed by atoms with Gasteiger partial charge < -0.3 is 10.5 Å². The zero-order valence-electron chi connectivity index (χ0n) is 9.82. The van der Waals surface area contributed by atoms with Crippen molar-refractivity contribution in [3.63, 3.8) is 0 Å². The number of ether oxygens (including phenoxy) is 1. The van der Waals surface area contributed by atoms with E-state index in [1.807, 2.05) is 0 Å². The number of nitrogens with two attached hydrogens (primary N) is 1. The molecule has 0 amide bonds. The monoisotopic (exact) mass is 212 g/mol. The van der Waals surface area contributed by atoms with Crippen molar-refractivity contribution in [1.82, 2.24) is 4.90 Å². The molecule has 15 heavy (non-hydrogen) atoms. The molecule has 3 unspecified atom stereocenters. The number of morpholine rings is 1. The van der Waals surface area contributed by atoms with E-state index >= 15 is 0 Å². The highest BCUT2D eigenvalue weighted by Crippen LogP contribution is 2.29. The van der Waals surface area contributed by atoms with E-state index in [-0.39, 0.29) is 0 Å². The predicted octanol–water partition coefficient (Wildman–Crippen LogP) is 1.22. The van der Waals surface area contributed by atoms with Gasteiger partial charge in [-0.1, -0.05) is 6.92 Å². The summed E-state index contributed by atoms with van der Waals surface area (Å²) in [6, 6.07) is 0.712. The summed E-state index contributed by atoms with van der Waals surface area (Å²) in [5.74, 6) is 0.660. The Hall–Kier alpha value is -0.120. The molecule has 1 aliphatic carbocycles. The van der Waals surface area contributed by atoms with E-state index in [9.17, 15) is 0 Å². The van der Waals surface area contributed by atoms with Crippen LogP contribution in [0.5, 0.6) is 0 Å². The topological polar surface area (TPSA) is 38.5 Å². The average molecular weight is 212 g/mol. The second kappa shape index (κ2) is 5.28. The highest BCUT2D eigenvalue weighted by molar-refractivity contribution is 4.89. The SMILES string of the molecule is CC(CN)CCN1CCOC2CCCC21. The van der Waals surface area contributed by atoms with Gasteiger partial charge in [0.05, 0.1) is 12.7 Å². The normalized spacial score (nSPS) is 34.0. The third kappa shape index (κ3) is 2.71. The minimum absolute atomic E-state index is 0.534. The Labute approximate surface area is 93.0 Å². The zero-order chi connectivity index (χ0) is 10.7. The van der Waals surface area contributed by atoms with Crippen LogP contribution in [0.2, 0.25) is 0 Å². The van der Waals surface area contributed by atoms with Crippen molar-refractivity contribution >= 4 is 0 Å². The highest BCUT2D eigenvalue weighted by atomic mass is 16.5. The summed E-state index contributed by atoms with van der Waals surface area (Å²) >= 11 is 0. The molecule has 0 aromatic rings. The van der Waals surface area contributed by atoms with E-state index < -0.39 is 0 Å². The van der Waals surface area contributed by atoms with Gasteiger partial charge in [0, 0.05) is 12.6 Å². The van der Waals surface area contributed by atoms with Crippen LogP contribution in [0.25, 0.3) is 0 Å². The maximum absolute atomic E-state index is 5.80. The summed E-state index contributed by atoms with van der Waals surface area (Å²) in [6.45, 7) is 6.32. The quantitative estimate of drug-likeness (QED) is 0.761. The van der Waals surface area contributed by atoms with E-state index in [1.54, 1.807) is 0 Å². The summed E-state index contributed by atoms with van der Waals surface area (Å²) in [6.07, 6.45) is 5.72. The van der Waals surface area contributed by atoms with Crippen molar-refractivity contribution in [3.05, 3.63) is 0 Å². The lowest BCUT2D eigenvalue weighted by Gasteiger charge is -2.38. The molecule has 2 rings (SSSR count). The van der Waals surface area contributed by atoms with Crippen LogP contribution in [-0.2, 0) is 4.74 Å². The first-order chi connectivity index (χ1) is 7.31.